The number of esters is 1. The van der Waals surface area contributed by atoms with E-state index >= 15 is 0 Å². The fraction of sp³-hybridized carbons (Fsp3) is 0.250. The number of aromatic nitrogens is 1. The average Bonchev–Trinajstić information content (AvgIpc) is 2.48. The van der Waals surface area contributed by atoms with Crippen molar-refractivity contribution < 1.29 is 9.53 Å². The van der Waals surface area contributed by atoms with Crippen LogP contribution in [0.4, 0.5) is 11.4 Å². The van der Waals surface area contributed by atoms with Crippen molar-refractivity contribution in [1.82, 2.24) is 4.98 Å². The third kappa shape index (κ3) is 3.72. The molecule has 0 spiro atoms. The summed E-state index contributed by atoms with van der Waals surface area (Å²) in [6.07, 6.45) is 3.57. The minimum absolute atomic E-state index is 0.348. The number of carbonyl (C=O) groups is 1. The number of aryl methyl sites for hydroxylation is 1. The Morgan fingerprint density at radius 3 is 2.90 bits per heavy atom. The molecule has 0 radical (unpaired) electrons. The van der Waals surface area contributed by atoms with Gasteiger partial charge in [0.15, 0.2) is 0 Å². The van der Waals surface area contributed by atoms with E-state index in [0.717, 1.165) is 11.1 Å². The molecule has 0 unspecified atom stereocenters. The Labute approximate surface area is 124 Å². The number of hydrogen-bond donors (Lipinski definition) is 2. The van der Waals surface area contributed by atoms with Gasteiger partial charge in [-0.15, -0.1) is 0 Å². The first-order valence-corrected chi connectivity index (χ1v) is 6.81. The number of carbonyl (C=O) groups excluding carboxylic acids is 1. The van der Waals surface area contributed by atoms with Gasteiger partial charge in [-0.3, -0.25) is 4.98 Å². The minimum atomic E-state index is -0.349. The number of nitrogen functional groups attached to an aromatic ring is 1. The molecule has 0 bridgehead atoms. The van der Waals surface area contributed by atoms with Gasteiger partial charge in [0.1, 0.15) is 0 Å². The van der Waals surface area contributed by atoms with E-state index in [4.69, 9.17) is 10.5 Å². The van der Waals surface area contributed by atoms with E-state index in [1.54, 1.807) is 31.3 Å². The predicted octanol–water partition coefficient (Wildman–Crippen LogP) is 2.76. The molecule has 1 heterocycles. The van der Waals surface area contributed by atoms with E-state index in [1.165, 1.54) is 0 Å². The van der Waals surface area contributed by atoms with Crippen molar-refractivity contribution >= 4 is 17.3 Å². The number of nitrogens with zero attached hydrogens (tertiary/aromatic N) is 1. The maximum Gasteiger partial charge on any atom is 0.338 e. The van der Waals surface area contributed by atoms with Gasteiger partial charge in [0.25, 0.3) is 0 Å². The zero-order chi connectivity index (χ0) is 15.2. The van der Waals surface area contributed by atoms with Crippen LogP contribution in [0.5, 0.6) is 0 Å². The van der Waals surface area contributed by atoms with Gasteiger partial charge in [0.05, 0.1) is 23.5 Å². The summed E-state index contributed by atoms with van der Waals surface area (Å²) in [7, 11) is 0. The molecule has 1 aromatic heterocycles. The number of nitrogens with one attached hydrogen (secondary N) is 1. The van der Waals surface area contributed by atoms with E-state index in [0.29, 0.717) is 30.1 Å². The largest absolute Gasteiger partial charge is 0.462 e. The third-order valence-electron chi connectivity index (χ3n) is 3.18. The van der Waals surface area contributed by atoms with Crippen LogP contribution in [-0.2, 0) is 11.3 Å². The maximum absolute atomic E-state index is 11.7. The smallest absolute Gasteiger partial charge is 0.338 e. The molecule has 0 aliphatic carbocycles. The molecule has 5 heteroatoms. The van der Waals surface area contributed by atoms with E-state index in [-0.39, 0.29) is 5.97 Å². The summed E-state index contributed by atoms with van der Waals surface area (Å²) in [6, 6.07) is 7.02. The van der Waals surface area contributed by atoms with Crippen LogP contribution >= 0.6 is 0 Å². The summed E-state index contributed by atoms with van der Waals surface area (Å²) in [5, 5.41) is 3.23. The Morgan fingerprint density at radius 1 is 1.38 bits per heavy atom. The molecule has 0 atom stereocenters. The molecule has 0 fully saturated rings. The lowest BCUT2D eigenvalue weighted by atomic mass is 10.1. The molecule has 110 valence electrons. The van der Waals surface area contributed by atoms with Gasteiger partial charge < -0.3 is 15.8 Å². The van der Waals surface area contributed by atoms with Gasteiger partial charge in [0, 0.05) is 18.9 Å². The first-order valence-electron chi connectivity index (χ1n) is 6.81. The maximum atomic E-state index is 11.7. The van der Waals surface area contributed by atoms with Gasteiger partial charge in [0.2, 0.25) is 0 Å². The summed E-state index contributed by atoms with van der Waals surface area (Å²) in [4.78, 5) is 15.8. The Morgan fingerprint density at radius 2 is 2.19 bits per heavy atom. The van der Waals surface area contributed by atoms with Crippen LogP contribution in [0.1, 0.15) is 28.4 Å². The van der Waals surface area contributed by atoms with Crippen molar-refractivity contribution in [2.45, 2.75) is 20.4 Å². The van der Waals surface area contributed by atoms with Crippen LogP contribution in [0.2, 0.25) is 0 Å². The number of ether oxygens (including phenoxy) is 1. The van der Waals surface area contributed by atoms with Crippen molar-refractivity contribution in [2.75, 3.05) is 17.7 Å². The number of benzene rings is 1. The van der Waals surface area contributed by atoms with Crippen molar-refractivity contribution in [3.05, 3.63) is 53.3 Å². The third-order valence-corrected chi connectivity index (χ3v) is 3.18. The van der Waals surface area contributed by atoms with Crippen molar-refractivity contribution in [3.8, 4) is 0 Å². The van der Waals surface area contributed by atoms with E-state index in [1.807, 2.05) is 19.2 Å². The van der Waals surface area contributed by atoms with Crippen LogP contribution < -0.4 is 11.1 Å². The minimum Gasteiger partial charge on any atom is -0.462 e. The lowest BCUT2D eigenvalue weighted by Gasteiger charge is -2.12. The zero-order valence-electron chi connectivity index (χ0n) is 12.2. The molecule has 2 rings (SSSR count). The molecule has 3 N–H and O–H groups in total. The number of pyridine rings is 1. The monoisotopic (exact) mass is 285 g/mol. The van der Waals surface area contributed by atoms with Gasteiger partial charge in [-0.05, 0) is 49.2 Å². The summed E-state index contributed by atoms with van der Waals surface area (Å²) in [5.41, 5.74) is 9.95. The lowest BCUT2D eigenvalue weighted by molar-refractivity contribution is 0.0526. The molecule has 0 saturated carbocycles. The first-order chi connectivity index (χ1) is 10.1. The number of hydrogen-bond acceptors (Lipinski definition) is 5. The second-order valence-corrected chi connectivity index (χ2v) is 4.68. The average molecular weight is 285 g/mol. The van der Waals surface area contributed by atoms with Gasteiger partial charge in [-0.1, -0.05) is 0 Å². The fourth-order valence-corrected chi connectivity index (χ4v) is 1.92. The second kappa shape index (κ2) is 6.74. The Bertz CT molecular complexity index is 641. The van der Waals surface area contributed by atoms with Crippen LogP contribution in [0.15, 0.2) is 36.7 Å². The van der Waals surface area contributed by atoms with Gasteiger partial charge in [-0.2, -0.15) is 0 Å². The van der Waals surface area contributed by atoms with Crippen molar-refractivity contribution in [3.63, 3.8) is 0 Å². The molecule has 0 aliphatic rings. The van der Waals surface area contributed by atoms with Crippen molar-refractivity contribution in [1.29, 1.82) is 0 Å². The van der Waals surface area contributed by atoms with E-state index in [2.05, 4.69) is 10.3 Å². The SMILES string of the molecule is CCOC(=O)c1ccc(N)c(NCc2cnccc2C)c1. The van der Waals surface area contributed by atoms with Crippen LogP contribution in [0, 0.1) is 6.92 Å². The highest BCUT2D eigenvalue weighted by molar-refractivity contribution is 5.92. The Kier molecular flexibility index (Phi) is 4.77. The summed E-state index contributed by atoms with van der Waals surface area (Å²) in [6.45, 7) is 4.74. The summed E-state index contributed by atoms with van der Waals surface area (Å²) >= 11 is 0. The molecule has 0 amide bonds. The fourth-order valence-electron chi connectivity index (χ4n) is 1.92. The molecule has 0 saturated heterocycles. The summed E-state index contributed by atoms with van der Waals surface area (Å²) < 4.78 is 4.99. The topological polar surface area (TPSA) is 77.2 Å². The Hall–Kier alpha value is -2.56. The van der Waals surface area contributed by atoms with E-state index in [9.17, 15) is 4.79 Å². The standard InChI is InChI=1S/C16H19N3O2/c1-3-21-16(20)12-4-5-14(17)15(8-12)19-10-13-9-18-7-6-11(13)2/h4-9,19H,3,10,17H2,1-2H3. The van der Waals surface area contributed by atoms with E-state index < -0.39 is 0 Å². The number of nitrogens with two attached hydrogens (primary N) is 1. The number of rotatable bonds is 5. The molecular weight excluding hydrogens is 266 g/mol. The van der Waals surface area contributed by atoms with Gasteiger partial charge in [-0.25, -0.2) is 4.79 Å². The molecule has 2 aromatic rings. The molecule has 21 heavy (non-hydrogen) atoms. The molecule has 0 aliphatic heterocycles. The molecule has 1 aromatic carbocycles. The van der Waals surface area contributed by atoms with Crippen molar-refractivity contribution in [2.24, 2.45) is 0 Å². The molecule has 5 nitrogen and oxygen atoms in total. The highest BCUT2D eigenvalue weighted by atomic mass is 16.5. The quantitative estimate of drug-likeness (QED) is 0.652. The Balaban J connectivity index is 2.14. The lowest BCUT2D eigenvalue weighted by Crippen LogP contribution is -2.08. The van der Waals surface area contributed by atoms with Gasteiger partial charge >= 0.3 is 5.97 Å². The van der Waals surface area contributed by atoms with Crippen LogP contribution in [0.25, 0.3) is 0 Å². The second-order valence-electron chi connectivity index (χ2n) is 4.68. The summed E-state index contributed by atoms with van der Waals surface area (Å²) in [5.74, 6) is -0.349. The predicted molar refractivity (Wildman–Crippen MR) is 83.1 cm³/mol. The molecular formula is C16H19N3O2. The highest BCUT2D eigenvalue weighted by Gasteiger charge is 2.09. The normalized spacial score (nSPS) is 10.2. The zero-order valence-corrected chi connectivity index (χ0v) is 12.2. The van der Waals surface area contributed by atoms with Crippen LogP contribution in [0.3, 0.4) is 0 Å². The first kappa shape index (κ1) is 14.8. The number of anilines is 2. The van der Waals surface area contributed by atoms with Crippen LogP contribution in [-0.4, -0.2) is 17.6 Å². The highest BCUT2D eigenvalue weighted by Crippen LogP contribution is 2.21.